The summed E-state index contributed by atoms with van der Waals surface area (Å²) in [6.07, 6.45) is 0. The molecule has 6 bridgehead atoms. The quantitative estimate of drug-likeness (QED) is 0.107. The number of rotatable bonds is 0. The van der Waals surface area contributed by atoms with E-state index in [1.54, 1.807) is 0 Å². The molecule has 22 aromatic rings. The molecule has 9 heteroatoms. The third-order valence-corrected chi connectivity index (χ3v) is 28.5. The predicted octanol–water partition coefficient (Wildman–Crippen LogP) is 22.9. The van der Waals surface area contributed by atoms with Crippen LogP contribution in [0.4, 0.5) is 11.6 Å². The van der Waals surface area contributed by atoms with Crippen LogP contribution in [0.25, 0.3) is 194 Å². The number of hydrogen-bond acceptors (Lipinski definition) is 6. The van der Waals surface area contributed by atoms with Crippen LogP contribution in [0.1, 0.15) is 22.3 Å². The van der Waals surface area contributed by atoms with E-state index in [-0.39, 0.29) is 0 Å². The van der Waals surface area contributed by atoms with Crippen LogP contribution in [0.5, 0.6) is 0 Å². The predicted molar refractivity (Wildman–Crippen MR) is 441 cm³/mol. The molecule has 0 saturated carbocycles. The maximum atomic E-state index is 6.39. The zero-order valence-corrected chi connectivity index (χ0v) is 59.7. The molecule has 105 heavy (non-hydrogen) atoms. The number of amidine groups is 4. The summed E-state index contributed by atoms with van der Waals surface area (Å²) in [4.78, 5) is 37.7. The maximum absolute atomic E-state index is 6.39. The van der Waals surface area contributed by atoms with Crippen LogP contribution in [0.3, 0.4) is 0 Å². The number of aromatic nitrogens is 2. The Bertz CT molecular complexity index is 7900. The molecule has 4 aliphatic rings. The van der Waals surface area contributed by atoms with Crippen LogP contribution >= 0.6 is 0 Å². The number of aliphatic imine (C=N–C) groups is 4. The van der Waals surface area contributed by atoms with Gasteiger partial charge in [0.05, 0.1) is 0 Å². The summed E-state index contributed by atoms with van der Waals surface area (Å²) in [7, 11) is 0. The molecule has 26 rings (SSSR count). The Balaban J connectivity index is 0.961. The van der Waals surface area contributed by atoms with Crippen LogP contribution in [-0.2, 0) is 0 Å². The first-order valence-corrected chi connectivity index (χ1v) is 39.4. The molecule has 2 aromatic heterocycles. The fourth-order valence-corrected chi connectivity index (χ4v) is 24.2. The minimum atomic E-state index is -2.95. The molecule has 0 radical (unpaired) electrons. The van der Waals surface area contributed by atoms with E-state index >= 15 is 0 Å². The van der Waals surface area contributed by atoms with Crippen molar-refractivity contribution in [1.82, 2.24) is 4.75 Å². The number of hydrogen-bond donors (Lipinski definition) is 0. The Morgan fingerprint density at radius 3 is 0.629 bits per heavy atom. The van der Waals surface area contributed by atoms with Gasteiger partial charge in [-0.1, -0.05) is 0 Å². The van der Waals surface area contributed by atoms with Crippen molar-refractivity contribution in [2.45, 2.75) is 0 Å². The van der Waals surface area contributed by atoms with Crippen molar-refractivity contribution in [3.05, 3.63) is 324 Å². The van der Waals surface area contributed by atoms with E-state index in [1.807, 2.05) is 0 Å². The fraction of sp³-hybridized carbons (Fsp3) is 0. The van der Waals surface area contributed by atoms with Crippen LogP contribution in [-0.4, -0.2) is 52.9 Å². The van der Waals surface area contributed by atoms with E-state index in [2.05, 4.69) is 296 Å². The summed E-state index contributed by atoms with van der Waals surface area (Å²) in [5.41, 5.74) is 5.47. The number of benzene rings is 20. The van der Waals surface area contributed by atoms with Gasteiger partial charge in [-0.05, 0) is 0 Å². The number of nitrogens with zero attached hydrogens (tertiary/aromatic N) is 8. The monoisotopic (exact) mass is 1520 g/mol. The Morgan fingerprint density at radius 1 is 0.162 bits per heavy atom. The first kappa shape index (κ1) is 55.5. The van der Waals surface area contributed by atoms with Crippen molar-refractivity contribution in [2.24, 2.45) is 30.0 Å². The fourth-order valence-electron chi connectivity index (χ4n) is 19.4. The van der Waals surface area contributed by atoms with Crippen LogP contribution in [0.15, 0.2) is 321 Å². The second kappa shape index (κ2) is 19.9. The van der Waals surface area contributed by atoms with Gasteiger partial charge in [-0.2, -0.15) is 0 Å². The molecular weight excluding hydrogens is 1470 g/mol. The zero-order valence-electron chi connectivity index (χ0n) is 55.8. The third kappa shape index (κ3) is 7.05. The van der Waals surface area contributed by atoms with Gasteiger partial charge in [0.2, 0.25) is 0 Å². The van der Waals surface area contributed by atoms with Crippen molar-refractivity contribution in [3.63, 3.8) is 0 Å². The standard InChI is InChI=1S/C96H48N8.Pb/c1-9-25-57-49(17-1)33-41-65-73(57)74-58-26-10-2-18-50(58)34-42-66(74)82-81(65)89-97-90(82)102-92-85-69-45-37-53-21-5-13-29-61(53)77(69)78-62-30-14-6-22-54(62)38-46-70(78)86(85)94(99-92)104-96-88-72-48-40-56-24-8-16-32-64(56)80(72)79-63-31-15-7-23-55(63)39-47-71(79)87(88)95(100-96)103-93-84-68-44-36-52-20-4-12-28-60(52)76(68)75-59-27-11-3-19-51(59)35-43-67(75)83(84)91(98-93)101-89;/h1-48H;/q-2;+4. The third-order valence-electron chi connectivity index (χ3n) is 23.7. The molecule has 0 atom stereocenters. The number of fused-ring (bicyclic) bond motifs is 50. The van der Waals surface area contributed by atoms with Crippen LogP contribution < -0.4 is 11.0 Å². The first-order valence-electron chi connectivity index (χ1n) is 35.9. The second-order valence-corrected chi connectivity index (χ2v) is 33.0. The van der Waals surface area contributed by atoms with E-state index in [0.29, 0.717) is 23.3 Å². The van der Waals surface area contributed by atoms with Gasteiger partial charge in [0, 0.05) is 0 Å². The summed E-state index contributed by atoms with van der Waals surface area (Å²) >= 11 is -2.95. The van der Waals surface area contributed by atoms with Gasteiger partial charge in [0.1, 0.15) is 0 Å². The molecule has 0 fully saturated rings. The van der Waals surface area contributed by atoms with Crippen LogP contribution in [0, 0.1) is 0 Å². The average molecular weight is 1520 g/mol. The molecule has 0 saturated heterocycles. The van der Waals surface area contributed by atoms with Crippen molar-refractivity contribution < 1.29 is 0 Å². The molecular formula is C96H48N8Pb+2. The zero-order chi connectivity index (χ0) is 67.8. The molecule has 20 aromatic carbocycles. The van der Waals surface area contributed by atoms with Crippen molar-refractivity contribution in [1.29, 1.82) is 0 Å². The first-order chi connectivity index (χ1) is 52.1. The van der Waals surface area contributed by atoms with Gasteiger partial charge in [-0.25, -0.2) is 0 Å². The van der Waals surface area contributed by atoms with Crippen molar-refractivity contribution in [3.8, 4) is 0 Å². The Morgan fingerprint density at radius 2 is 0.371 bits per heavy atom. The van der Waals surface area contributed by atoms with Gasteiger partial charge in [0.25, 0.3) is 0 Å². The SMILES string of the molecule is c1ccc2c(c1)ccc1c3c(c4ccc5ccccc5c4c12)C1=Nc2c4c5ccc6ccccc6c5c5c6ccccc6ccc5c4c4[n]2[Pb+2][n]2c(c5c6ccc7ccccc7c6c6c7ccccc7ccc6c5c2=NC2=NC(=N4)c4c2c2ccc5ccccc5c2c2c4ccc4ccccc42)=NC3=N1. The molecule has 474 valence electrons. The summed E-state index contributed by atoms with van der Waals surface area (Å²) in [6, 6.07) is 108. The van der Waals surface area contributed by atoms with E-state index in [1.165, 1.54) is 129 Å². The Labute approximate surface area is 608 Å². The summed E-state index contributed by atoms with van der Waals surface area (Å²) in [6.45, 7) is 0. The van der Waals surface area contributed by atoms with Gasteiger partial charge >= 0.3 is 613 Å². The molecule has 0 spiro atoms. The minimum absolute atomic E-state index is 0.618. The molecule has 6 heterocycles. The molecule has 0 amide bonds. The van der Waals surface area contributed by atoms with Gasteiger partial charge in [0.15, 0.2) is 0 Å². The summed E-state index contributed by atoms with van der Waals surface area (Å²) in [5.74, 6) is 4.10. The van der Waals surface area contributed by atoms with E-state index in [4.69, 9.17) is 30.0 Å². The summed E-state index contributed by atoms with van der Waals surface area (Å²) < 4.78 is 5.19. The molecule has 0 N–H and O–H groups in total. The van der Waals surface area contributed by atoms with Gasteiger partial charge in [-0.15, -0.1) is 0 Å². The van der Waals surface area contributed by atoms with E-state index in [9.17, 15) is 0 Å². The summed E-state index contributed by atoms with van der Waals surface area (Å²) in [5, 5.41) is 40.9. The molecule has 0 unspecified atom stereocenters. The van der Waals surface area contributed by atoms with Gasteiger partial charge in [-0.3, -0.25) is 0 Å². The van der Waals surface area contributed by atoms with Gasteiger partial charge < -0.3 is 0 Å². The molecule has 8 nitrogen and oxygen atoms in total. The van der Waals surface area contributed by atoms with Crippen molar-refractivity contribution in [2.75, 3.05) is 0 Å². The second-order valence-electron chi connectivity index (χ2n) is 28.7. The van der Waals surface area contributed by atoms with Crippen LogP contribution in [0.2, 0.25) is 0 Å². The Hall–Kier alpha value is -13.2. The van der Waals surface area contributed by atoms with E-state index < -0.39 is 24.8 Å². The molecule has 4 aliphatic heterocycles. The van der Waals surface area contributed by atoms with Crippen molar-refractivity contribution >= 4 is 254 Å². The van der Waals surface area contributed by atoms with E-state index in [0.717, 1.165) is 109 Å². The average Bonchev–Trinajstić information content (AvgIpc) is 1.57. The topological polar surface area (TPSA) is 84.0 Å². The Kier molecular flexibility index (Phi) is 10.5. The normalized spacial score (nSPS) is 13.9. The molecule has 0 aliphatic carbocycles.